The van der Waals surface area contributed by atoms with Gasteiger partial charge >= 0.3 is 6.09 Å². The molecule has 1 saturated carbocycles. The summed E-state index contributed by atoms with van der Waals surface area (Å²) in [5.74, 6) is -0.969. The Morgan fingerprint density at radius 3 is 2.35 bits per heavy atom. The number of piperidine rings is 1. The number of nitrogens with one attached hydrogen (secondary N) is 2. The number of anilines is 2. The molecule has 0 radical (unpaired) electrons. The molecular weight excluding hydrogens is 477 g/mol. The molecule has 0 bridgehead atoms. The highest BCUT2D eigenvalue weighted by atomic mass is 19.1. The van der Waals surface area contributed by atoms with Crippen molar-refractivity contribution in [2.45, 2.75) is 83.0 Å². The number of amides is 3. The topological polar surface area (TPSA) is 94.2 Å². The first kappa shape index (κ1) is 27.2. The SMILES string of the molecule is CN(C(=O)OC(C)(C)C)[C@H]1CC[C@H](N2CCN(c3ccc(NC4CCC(=O)NC4=O)cc3F)CC2)CC1. The van der Waals surface area contributed by atoms with Gasteiger partial charge < -0.3 is 19.9 Å². The molecule has 10 heteroatoms. The van der Waals surface area contributed by atoms with Gasteiger partial charge in [-0.1, -0.05) is 0 Å². The van der Waals surface area contributed by atoms with E-state index in [4.69, 9.17) is 4.74 Å². The van der Waals surface area contributed by atoms with Gasteiger partial charge in [-0.25, -0.2) is 9.18 Å². The Hall–Kier alpha value is -2.88. The molecule has 9 nitrogen and oxygen atoms in total. The van der Waals surface area contributed by atoms with Crippen molar-refractivity contribution in [3.8, 4) is 0 Å². The first-order valence-corrected chi connectivity index (χ1v) is 13.3. The first-order chi connectivity index (χ1) is 17.5. The third kappa shape index (κ3) is 6.91. The van der Waals surface area contributed by atoms with Crippen LogP contribution in [0.1, 0.15) is 59.3 Å². The van der Waals surface area contributed by atoms with E-state index in [-0.39, 0.29) is 36.2 Å². The molecule has 3 aliphatic rings. The Morgan fingerprint density at radius 1 is 1.08 bits per heavy atom. The molecule has 1 aromatic carbocycles. The van der Waals surface area contributed by atoms with Gasteiger partial charge in [0.05, 0.1) is 5.69 Å². The fourth-order valence-electron chi connectivity index (χ4n) is 5.51. The highest BCUT2D eigenvalue weighted by molar-refractivity contribution is 6.01. The van der Waals surface area contributed by atoms with Gasteiger partial charge in [0.25, 0.3) is 0 Å². The number of hydrogen-bond acceptors (Lipinski definition) is 7. The predicted octanol–water partition coefficient (Wildman–Crippen LogP) is 3.34. The molecule has 2 aliphatic heterocycles. The summed E-state index contributed by atoms with van der Waals surface area (Å²) in [6.07, 6.45) is 4.39. The van der Waals surface area contributed by atoms with Crippen molar-refractivity contribution in [1.29, 1.82) is 0 Å². The highest BCUT2D eigenvalue weighted by Gasteiger charge is 2.33. The van der Waals surface area contributed by atoms with E-state index in [9.17, 15) is 18.8 Å². The lowest BCUT2D eigenvalue weighted by atomic mass is 9.89. The minimum Gasteiger partial charge on any atom is -0.444 e. The predicted molar refractivity (Wildman–Crippen MR) is 140 cm³/mol. The maximum atomic E-state index is 15.0. The largest absolute Gasteiger partial charge is 0.444 e. The van der Waals surface area contributed by atoms with Crippen molar-refractivity contribution in [2.75, 3.05) is 43.4 Å². The average Bonchev–Trinajstić information content (AvgIpc) is 2.85. The summed E-state index contributed by atoms with van der Waals surface area (Å²) in [5.41, 5.74) is 0.602. The van der Waals surface area contributed by atoms with E-state index >= 15 is 0 Å². The number of halogens is 1. The van der Waals surface area contributed by atoms with Crippen LogP contribution in [0.2, 0.25) is 0 Å². The number of rotatable bonds is 5. The second-order valence-corrected chi connectivity index (χ2v) is 11.4. The van der Waals surface area contributed by atoms with E-state index in [1.165, 1.54) is 6.07 Å². The van der Waals surface area contributed by atoms with Crippen LogP contribution in [0.15, 0.2) is 18.2 Å². The third-order valence-electron chi connectivity index (χ3n) is 7.59. The first-order valence-electron chi connectivity index (χ1n) is 13.3. The van der Waals surface area contributed by atoms with Crippen LogP contribution in [0.4, 0.5) is 20.6 Å². The average molecular weight is 518 g/mol. The zero-order valence-corrected chi connectivity index (χ0v) is 22.4. The van der Waals surface area contributed by atoms with E-state index in [2.05, 4.69) is 20.4 Å². The van der Waals surface area contributed by atoms with Crippen LogP contribution in [-0.2, 0) is 14.3 Å². The third-order valence-corrected chi connectivity index (χ3v) is 7.59. The number of carbonyl (C=O) groups excluding carboxylic acids is 3. The zero-order chi connectivity index (χ0) is 26.7. The minimum absolute atomic E-state index is 0.203. The number of benzene rings is 1. The van der Waals surface area contributed by atoms with Crippen molar-refractivity contribution < 1.29 is 23.5 Å². The smallest absolute Gasteiger partial charge is 0.410 e. The number of ether oxygens (including phenoxy) is 1. The summed E-state index contributed by atoms with van der Waals surface area (Å²) in [7, 11) is 1.83. The van der Waals surface area contributed by atoms with Gasteiger partial charge in [-0.05, 0) is 71.1 Å². The van der Waals surface area contributed by atoms with Crippen molar-refractivity contribution in [1.82, 2.24) is 15.1 Å². The number of nitrogens with zero attached hydrogens (tertiary/aromatic N) is 3. The van der Waals surface area contributed by atoms with E-state index in [0.29, 0.717) is 23.8 Å². The van der Waals surface area contributed by atoms with Crippen molar-refractivity contribution in [3.63, 3.8) is 0 Å². The van der Waals surface area contributed by atoms with Crippen LogP contribution >= 0.6 is 0 Å². The maximum absolute atomic E-state index is 15.0. The fourth-order valence-corrected chi connectivity index (χ4v) is 5.51. The van der Waals surface area contributed by atoms with Gasteiger partial charge in [-0.2, -0.15) is 0 Å². The van der Waals surface area contributed by atoms with Gasteiger partial charge in [-0.3, -0.25) is 19.8 Å². The molecule has 2 heterocycles. The van der Waals surface area contributed by atoms with Crippen LogP contribution in [0.3, 0.4) is 0 Å². The summed E-state index contributed by atoms with van der Waals surface area (Å²) < 4.78 is 20.5. The van der Waals surface area contributed by atoms with Crippen molar-refractivity contribution in [2.24, 2.45) is 0 Å². The molecule has 0 spiro atoms. The molecule has 2 saturated heterocycles. The molecule has 4 rings (SSSR count). The normalized spacial score (nSPS) is 25.4. The van der Waals surface area contributed by atoms with Gasteiger partial charge in [0.2, 0.25) is 11.8 Å². The van der Waals surface area contributed by atoms with Gasteiger partial charge in [0, 0.05) is 57.4 Å². The maximum Gasteiger partial charge on any atom is 0.410 e. The number of imide groups is 1. The molecule has 3 amide bonds. The van der Waals surface area contributed by atoms with Crippen LogP contribution in [0, 0.1) is 5.82 Å². The quantitative estimate of drug-likeness (QED) is 0.579. The van der Waals surface area contributed by atoms with Crippen LogP contribution in [0.25, 0.3) is 0 Å². The molecule has 0 aromatic heterocycles. The van der Waals surface area contributed by atoms with Gasteiger partial charge in [0.15, 0.2) is 0 Å². The summed E-state index contributed by atoms with van der Waals surface area (Å²) in [5, 5.41) is 5.35. The van der Waals surface area contributed by atoms with E-state index < -0.39 is 11.6 Å². The van der Waals surface area contributed by atoms with Crippen molar-refractivity contribution >= 4 is 29.3 Å². The zero-order valence-electron chi connectivity index (χ0n) is 22.4. The standard InChI is InChI=1S/C27H40FN5O4/c1-27(2,3)37-26(36)31(4)19-6-8-20(9-7-19)32-13-15-33(16-14-32)23-11-5-18(17-21(23)28)29-22-10-12-24(34)30-25(22)35/h5,11,17,19-20,22,29H,6-10,12-16H2,1-4H3,(H,30,34,35)/t19-,20-,22?. The summed E-state index contributed by atoms with van der Waals surface area (Å²) in [6, 6.07) is 5.12. The van der Waals surface area contributed by atoms with E-state index in [1.807, 2.05) is 27.8 Å². The Morgan fingerprint density at radius 2 is 1.76 bits per heavy atom. The number of hydrogen-bond donors (Lipinski definition) is 2. The molecule has 37 heavy (non-hydrogen) atoms. The minimum atomic E-state index is -0.537. The lowest BCUT2D eigenvalue weighted by Gasteiger charge is -2.43. The summed E-state index contributed by atoms with van der Waals surface area (Å²) in [6.45, 7) is 8.87. The van der Waals surface area contributed by atoms with E-state index in [0.717, 1.165) is 51.9 Å². The second kappa shape index (κ2) is 11.2. The van der Waals surface area contributed by atoms with Crippen molar-refractivity contribution in [3.05, 3.63) is 24.0 Å². The molecule has 3 fully saturated rings. The fraction of sp³-hybridized carbons (Fsp3) is 0.667. The molecular formula is C27H40FN5O4. The lowest BCUT2D eigenvalue weighted by Crippen LogP contribution is -2.52. The van der Waals surface area contributed by atoms with Crippen LogP contribution in [0.5, 0.6) is 0 Å². The Labute approximate surface area is 218 Å². The Kier molecular flexibility index (Phi) is 8.26. The molecule has 1 aliphatic carbocycles. The highest BCUT2D eigenvalue weighted by Crippen LogP contribution is 2.30. The number of piperazine rings is 1. The Bertz CT molecular complexity index is 997. The van der Waals surface area contributed by atoms with Crippen LogP contribution in [-0.4, -0.2) is 84.7 Å². The van der Waals surface area contributed by atoms with Gasteiger partial charge in [-0.15, -0.1) is 0 Å². The molecule has 204 valence electrons. The molecule has 1 aromatic rings. The van der Waals surface area contributed by atoms with Crippen LogP contribution < -0.4 is 15.5 Å². The lowest BCUT2D eigenvalue weighted by molar-refractivity contribution is -0.133. The number of carbonyl (C=O) groups is 3. The summed E-state index contributed by atoms with van der Waals surface area (Å²) in [4.78, 5) is 42.0. The monoisotopic (exact) mass is 517 g/mol. The molecule has 1 unspecified atom stereocenters. The summed E-state index contributed by atoms with van der Waals surface area (Å²) >= 11 is 0. The molecule has 1 atom stereocenters. The Balaban J connectivity index is 1.24. The second-order valence-electron chi connectivity index (χ2n) is 11.4. The molecule has 2 N–H and O–H groups in total. The van der Waals surface area contributed by atoms with Gasteiger partial charge in [0.1, 0.15) is 17.5 Å². The van der Waals surface area contributed by atoms with E-state index in [1.54, 1.807) is 17.0 Å².